The third kappa shape index (κ3) is 2.68. The Morgan fingerprint density at radius 3 is 2.80 bits per heavy atom. The van der Waals surface area contributed by atoms with E-state index >= 15 is 0 Å². The highest BCUT2D eigenvalue weighted by Crippen LogP contribution is 2.35. The largest absolute Gasteiger partial charge is 0.549 e. The van der Waals surface area contributed by atoms with Crippen LogP contribution in [0.5, 0.6) is 0 Å². The molecule has 1 aliphatic rings. The van der Waals surface area contributed by atoms with E-state index < -0.39 is 5.97 Å². The second-order valence-corrected chi connectivity index (χ2v) is 6.15. The first-order chi connectivity index (χ1) is 9.75. The van der Waals surface area contributed by atoms with Crippen molar-refractivity contribution in [3.05, 3.63) is 24.3 Å². The maximum absolute atomic E-state index is 10.7. The number of carbonyl (C=O) groups excluding carboxylic acids is 1. The maximum Gasteiger partial charge on any atom is 0.169 e. The minimum Gasteiger partial charge on any atom is -0.549 e. The second kappa shape index (κ2) is 5.87. The molecule has 0 unspecified atom stereocenters. The average molecular weight is 289 g/mol. The molecule has 0 radical (unpaired) electrons. The van der Waals surface area contributed by atoms with Crippen LogP contribution < -0.4 is 5.11 Å². The normalized spacial score (nSPS) is 16.6. The van der Waals surface area contributed by atoms with Crippen molar-refractivity contribution in [3.63, 3.8) is 0 Å². The fourth-order valence-corrected chi connectivity index (χ4v) is 3.74. The fourth-order valence-electron chi connectivity index (χ4n) is 2.94. The summed E-state index contributed by atoms with van der Waals surface area (Å²) < 4.78 is 2.24. The molecule has 1 saturated carbocycles. The van der Waals surface area contributed by atoms with Crippen LogP contribution >= 0.6 is 11.8 Å². The number of nitrogens with zero attached hydrogens (tertiary/aromatic N) is 2. The molecule has 0 atom stereocenters. The zero-order valence-electron chi connectivity index (χ0n) is 11.2. The molecule has 1 aromatic carbocycles. The Labute approximate surface area is 122 Å². The van der Waals surface area contributed by atoms with E-state index in [1.165, 1.54) is 31.0 Å². The molecule has 106 valence electrons. The van der Waals surface area contributed by atoms with Gasteiger partial charge in [-0.1, -0.05) is 43.2 Å². The number of aromatic nitrogens is 2. The molecule has 1 aromatic heterocycles. The van der Waals surface area contributed by atoms with Gasteiger partial charge < -0.3 is 14.5 Å². The summed E-state index contributed by atoms with van der Waals surface area (Å²) in [5.41, 5.74) is 2.05. The van der Waals surface area contributed by atoms with Crippen molar-refractivity contribution in [3.8, 4) is 0 Å². The number of carboxylic acids is 1. The zero-order chi connectivity index (χ0) is 13.9. The molecule has 2 aromatic rings. The Morgan fingerprint density at radius 1 is 1.30 bits per heavy atom. The summed E-state index contributed by atoms with van der Waals surface area (Å²) >= 11 is 1.26. The number of aliphatic carboxylic acids is 1. The van der Waals surface area contributed by atoms with Gasteiger partial charge in [0.05, 0.1) is 17.0 Å². The quantitative estimate of drug-likeness (QED) is 0.811. The molecule has 5 heteroatoms. The van der Waals surface area contributed by atoms with Crippen LogP contribution in [0.4, 0.5) is 0 Å². The highest BCUT2D eigenvalue weighted by Gasteiger charge is 2.21. The van der Waals surface area contributed by atoms with Gasteiger partial charge in [0.2, 0.25) is 0 Å². The van der Waals surface area contributed by atoms with Gasteiger partial charge in [-0.25, -0.2) is 4.98 Å². The molecule has 0 spiro atoms. The van der Waals surface area contributed by atoms with Gasteiger partial charge in [0.25, 0.3) is 0 Å². The predicted molar refractivity (Wildman–Crippen MR) is 77.6 cm³/mol. The van der Waals surface area contributed by atoms with Crippen LogP contribution in [0.15, 0.2) is 29.4 Å². The van der Waals surface area contributed by atoms with Gasteiger partial charge in [-0.15, -0.1) is 0 Å². The first-order valence-corrected chi connectivity index (χ1v) is 8.04. The van der Waals surface area contributed by atoms with Crippen molar-refractivity contribution in [2.75, 3.05) is 5.75 Å². The van der Waals surface area contributed by atoms with E-state index in [4.69, 9.17) is 0 Å². The van der Waals surface area contributed by atoms with E-state index in [2.05, 4.69) is 15.6 Å². The van der Waals surface area contributed by atoms with Crippen molar-refractivity contribution in [2.24, 2.45) is 0 Å². The molecule has 0 aliphatic heterocycles. The molecule has 1 heterocycles. The van der Waals surface area contributed by atoms with Crippen molar-refractivity contribution >= 4 is 28.8 Å². The second-order valence-electron chi connectivity index (χ2n) is 5.21. The summed E-state index contributed by atoms with van der Waals surface area (Å²) in [5.74, 6) is -1.09. The lowest BCUT2D eigenvalue weighted by molar-refractivity contribution is -0.301. The summed E-state index contributed by atoms with van der Waals surface area (Å²) in [6.45, 7) is 0. The standard InChI is InChI=1S/C15H18N2O2S/c18-14(19)10-20-15-16-12-8-4-5-9-13(12)17(15)11-6-2-1-3-7-11/h4-5,8-9,11H,1-3,6-7,10H2,(H,18,19)/p-1. The maximum atomic E-state index is 10.7. The predicted octanol–water partition coefficient (Wildman–Crippen LogP) is 2.38. The first kappa shape index (κ1) is 13.5. The van der Waals surface area contributed by atoms with Crippen LogP contribution in [0.2, 0.25) is 0 Å². The Hall–Kier alpha value is -1.49. The van der Waals surface area contributed by atoms with Gasteiger partial charge in [-0.05, 0) is 25.0 Å². The van der Waals surface area contributed by atoms with E-state index in [-0.39, 0.29) is 5.75 Å². The smallest absolute Gasteiger partial charge is 0.169 e. The van der Waals surface area contributed by atoms with Gasteiger partial charge in [0.15, 0.2) is 5.16 Å². The molecule has 1 fully saturated rings. The number of imidazole rings is 1. The fraction of sp³-hybridized carbons (Fsp3) is 0.467. The lowest BCUT2D eigenvalue weighted by atomic mass is 9.95. The molecular weight excluding hydrogens is 272 g/mol. The lowest BCUT2D eigenvalue weighted by Crippen LogP contribution is -2.24. The Bertz CT molecular complexity index is 617. The SMILES string of the molecule is O=C([O-])CSc1nc2ccccc2n1C1CCCCC1. The third-order valence-corrected chi connectivity index (χ3v) is 4.75. The summed E-state index contributed by atoms with van der Waals surface area (Å²) in [6, 6.07) is 8.47. The molecule has 0 amide bonds. The number of rotatable bonds is 4. The molecule has 1 aliphatic carbocycles. The van der Waals surface area contributed by atoms with Crippen LogP contribution in [0.3, 0.4) is 0 Å². The van der Waals surface area contributed by atoms with E-state index in [0.29, 0.717) is 6.04 Å². The van der Waals surface area contributed by atoms with Crippen molar-refractivity contribution < 1.29 is 9.90 Å². The molecule has 3 rings (SSSR count). The summed E-state index contributed by atoms with van der Waals surface area (Å²) in [6.07, 6.45) is 6.08. The first-order valence-electron chi connectivity index (χ1n) is 7.05. The summed E-state index contributed by atoms with van der Waals surface area (Å²) in [4.78, 5) is 15.3. The minimum absolute atomic E-state index is 0.0456. The summed E-state index contributed by atoms with van der Waals surface area (Å²) in [5, 5.41) is 11.5. The van der Waals surface area contributed by atoms with Gasteiger partial charge in [0.1, 0.15) is 0 Å². The van der Waals surface area contributed by atoms with Gasteiger partial charge in [-0.3, -0.25) is 0 Å². The molecule has 0 bridgehead atoms. The van der Waals surface area contributed by atoms with E-state index in [0.717, 1.165) is 29.0 Å². The number of carbonyl (C=O) groups is 1. The van der Waals surface area contributed by atoms with E-state index in [9.17, 15) is 9.90 Å². The number of thioether (sulfide) groups is 1. The number of hydrogen-bond donors (Lipinski definition) is 0. The average Bonchev–Trinajstić information content (AvgIpc) is 2.84. The van der Waals surface area contributed by atoms with Crippen LogP contribution in [0.25, 0.3) is 11.0 Å². The van der Waals surface area contributed by atoms with Crippen LogP contribution in [-0.2, 0) is 4.79 Å². The number of carboxylic acid groups (broad SMARTS) is 1. The molecule has 4 nitrogen and oxygen atoms in total. The number of hydrogen-bond acceptors (Lipinski definition) is 4. The number of para-hydroxylation sites is 2. The van der Waals surface area contributed by atoms with Gasteiger partial charge in [-0.2, -0.15) is 0 Å². The third-order valence-electron chi connectivity index (χ3n) is 3.82. The molecule has 20 heavy (non-hydrogen) atoms. The van der Waals surface area contributed by atoms with Gasteiger partial charge >= 0.3 is 0 Å². The highest BCUT2D eigenvalue weighted by atomic mass is 32.2. The molecule has 0 saturated heterocycles. The van der Waals surface area contributed by atoms with Gasteiger partial charge in [0, 0.05) is 11.8 Å². The van der Waals surface area contributed by atoms with Crippen LogP contribution in [-0.4, -0.2) is 21.3 Å². The molecular formula is C15H17N2O2S-. The Kier molecular flexibility index (Phi) is 3.96. The van der Waals surface area contributed by atoms with Crippen molar-refractivity contribution in [2.45, 2.75) is 43.3 Å². The minimum atomic E-state index is -1.04. The zero-order valence-corrected chi connectivity index (χ0v) is 12.1. The number of benzene rings is 1. The topological polar surface area (TPSA) is 57.9 Å². The van der Waals surface area contributed by atoms with E-state index in [1.807, 2.05) is 18.2 Å². The van der Waals surface area contributed by atoms with Crippen molar-refractivity contribution in [1.82, 2.24) is 9.55 Å². The highest BCUT2D eigenvalue weighted by molar-refractivity contribution is 7.99. The summed E-state index contributed by atoms with van der Waals surface area (Å²) in [7, 11) is 0. The van der Waals surface area contributed by atoms with Crippen molar-refractivity contribution in [1.29, 1.82) is 0 Å². The Balaban J connectivity index is 2.00. The van der Waals surface area contributed by atoms with Crippen LogP contribution in [0.1, 0.15) is 38.1 Å². The Morgan fingerprint density at radius 2 is 2.05 bits per heavy atom. The lowest BCUT2D eigenvalue weighted by Gasteiger charge is -2.25. The monoisotopic (exact) mass is 289 g/mol. The van der Waals surface area contributed by atoms with Crippen LogP contribution in [0, 0.1) is 0 Å². The molecule has 0 N–H and O–H groups in total. The van der Waals surface area contributed by atoms with E-state index in [1.54, 1.807) is 0 Å². The number of fused-ring (bicyclic) bond motifs is 1.